The summed E-state index contributed by atoms with van der Waals surface area (Å²) in [6.45, 7) is 2.10. The predicted molar refractivity (Wildman–Crippen MR) is 115 cm³/mol. The standard InChI is InChI=1S/C19H18BrClN4O2S/c1-12(18(26)22-15-5-3-4-13(20)10-15)28-19-24-23-17(25(19)2)11-27-16-8-6-14(21)7-9-16/h3-10,12H,11H2,1-2H3,(H,22,26)/t12-/m0/s1. The van der Waals surface area contributed by atoms with Gasteiger partial charge >= 0.3 is 0 Å². The Hall–Kier alpha value is -2.03. The summed E-state index contributed by atoms with van der Waals surface area (Å²) in [7, 11) is 1.85. The Morgan fingerprint density at radius 1 is 1.29 bits per heavy atom. The van der Waals surface area contributed by atoms with Crippen LogP contribution in [0.5, 0.6) is 5.75 Å². The molecule has 0 unspecified atom stereocenters. The maximum Gasteiger partial charge on any atom is 0.237 e. The predicted octanol–water partition coefficient (Wildman–Crippen LogP) is 4.93. The number of benzene rings is 2. The van der Waals surface area contributed by atoms with Crippen LogP contribution in [0.2, 0.25) is 5.02 Å². The van der Waals surface area contributed by atoms with Crippen LogP contribution in [0.1, 0.15) is 12.7 Å². The lowest BCUT2D eigenvalue weighted by Crippen LogP contribution is -2.22. The number of thioether (sulfide) groups is 1. The number of nitrogens with one attached hydrogen (secondary N) is 1. The zero-order valence-corrected chi connectivity index (χ0v) is 18.4. The lowest BCUT2D eigenvalue weighted by molar-refractivity contribution is -0.115. The van der Waals surface area contributed by atoms with Gasteiger partial charge in [0.2, 0.25) is 5.91 Å². The maximum absolute atomic E-state index is 12.4. The average Bonchev–Trinajstić information content (AvgIpc) is 3.01. The molecule has 1 amide bonds. The smallest absolute Gasteiger partial charge is 0.237 e. The van der Waals surface area contributed by atoms with Gasteiger partial charge in [-0.1, -0.05) is 45.4 Å². The van der Waals surface area contributed by atoms with Crippen LogP contribution in [-0.4, -0.2) is 25.9 Å². The van der Waals surface area contributed by atoms with E-state index in [0.29, 0.717) is 21.8 Å². The van der Waals surface area contributed by atoms with Gasteiger partial charge < -0.3 is 14.6 Å². The largest absolute Gasteiger partial charge is 0.486 e. The molecule has 1 aromatic heterocycles. The number of hydrogen-bond acceptors (Lipinski definition) is 5. The van der Waals surface area contributed by atoms with Gasteiger partial charge in [0.25, 0.3) is 0 Å². The molecule has 1 atom stereocenters. The quantitative estimate of drug-likeness (QED) is 0.485. The summed E-state index contributed by atoms with van der Waals surface area (Å²) in [5.74, 6) is 1.26. The number of anilines is 1. The molecule has 0 bridgehead atoms. The fourth-order valence-electron chi connectivity index (χ4n) is 2.27. The zero-order valence-electron chi connectivity index (χ0n) is 15.2. The molecule has 0 saturated carbocycles. The van der Waals surface area contributed by atoms with Crippen molar-refractivity contribution < 1.29 is 9.53 Å². The second-order valence-electron chi connectivity index (χ2n) is 5.96. The number of carbonyl (C=O) groups excluding carboxylic acids is 1. The third kappa shape index (κ3) is 5.50. The minimum Gasteiger partial charge on any atom is -0.486 e. The Kier molecular flexibility index (Phi) is 6.98. The number of rotatable bonds is 7. The normalized spacial score (nSPS) is 11.9. The van der Waals surface area contributed by atoms with Crippen molar-refractivity contribution in [3.05, 3.63) is 63.9 Å². The van der Waals surface area contributed by atoms with E-state index in [0.717, 1.165) is 10.2 Å². The van der Waals surface area contributed by atoms with Crippen molar-refractivity contribution in [2.24, 2.45) is 7.05 Å². The number of ether oxygens (including phenoxy) is 1. The van der Waals surface area contributed by atoms with E-state index in [9.17, 15) is 4.79 Å². The zero-order chi connectivity index (χ0) is 20.1. The van der Waals surface area contributed by atoms with Crippen molar-refractivity contribution in [3.8, 4) is 5.75 Å². The Morgan fingerprint density at radius 2 is 2.04 bits per heavy atom. The van der Waals surface area contributed by atoms with Crippen LogP contribution < -0.4 is 10.1 Å². The second kappa shape index (κ2) is 9.45. The molecule has 0 aliphatic carbocycles. The van der Waals surface area contributed by atoms with E-state index < -0.39 is 0 Å². The van der Waals surface area contributed by atoms with Gasteiger partial charge in [-0.05, 0) is 49.4 Å². The molecule has 6 nitrogen and oxygen atoms in total. The molecule has 0 radical (unpaired) electrons. The first-order valence-electron chi connectivity index (χ1n) is 8.42. The summed E-state index contributed by atoms with van der Waals surface area (Å²) in [5, 5.41) is 12.2. The van der Waals surface area contributed by atoms with E-state index in [1.54, 1.807) is 24.3 Å². The first kappa shape index (κ1) is 20.7. The fourth-order valence-corrected chi connectivity index (χ4v) is 3.63. The maximum atomic E-state index is 12.4. The molecule has 0 aliphatic rings. The van der Waals surface area contributed by atoms with Gasteiger partial charge in [0.15, 0.2) is 11.0 Å². The van der Waals surface area contributed by atoms with Gasteiger partial charge in [-0.3, -0.25) is 4.79 Å². The molecule has 28 heavy (non-hydrogen) atoms. The molecule has 3 aromatic rings. The topological polar surface area (TPSA) is 69.0 Å². The molecular formula is C19H18BrClN4O2S. The van der Waals surface area contributed by atoms with Crippen LogP contribution in [0.15, 0.2) is 58.2 Å². The lowest BCUT2D eigenvalue weighted by Gasteiger charge is -2.12. The Labute approximate surface area is 180 Å². The summed E-state index contributed by atoms with van der Waals surface area (Å²) in [6.07, 6.45) is 0. The van der Waals surface area contributed by atoms with Gasteiger partial charge in [-0.25, -0.2) is 0 Å². The van der Waals surface area contributed by atoms with Gasteiger partial charge in [-0.15, -0.1) is 10.2 Å². The van der Waals surface area contributed by atoms with Gasteiger partial charge in [0.05, 0.1) is 5.25 Å². The summed E-state index contributed by atoms with van der Waals surface area (Å²) in [4.78, 5) is 12.4. The highest BCUT2D eigenvalue weighted by Crippen LogP contribution is 2.24. The molecule has 0 fully saturated rings. The minimum atomic E-state index is -0.341. The van der Waals surface area contributed by atoms with Crippen LogP contribution in [0.3, 0.4) is 0 Å². The lowest BCUT2D eigenvalue weighted by atomic mass is 10.3. The SMILES string of the molecule is C[C@H](Sc1nnc(COc2ccc(Cl)cc2)n1C)C(=O)Nc1cccc(Br)c1. The molecule has 1 heterocycles. The summed E-state index contributed by atoms with van der Waals surface area (Å²) in [6, 6.07) is 14.6. The number of aromatic nitrogens is 3. The third-order valence-corrected chi connectivity index (χ3v) is 5.73. The number of amides is 1. The molecule has 0 spiro atoms. The second-order valence-corrected chi connectivity index (χ2v) is 8.62. The van der Waals surface area contributed by atoms with E-state index in [1.807, 2.05) is 42.8 Å². The van der Waals surface area contributed by atoms with Gasteiger partial charge in [-0.2, -0.15) is 0 Å². The number of halogens is 2. The number of hydrogen-bond donors (Lipinski definition) is 1. The van der Waals surface area contributed by atoms with Crippen molar-refractivity contribution in [1.82, 2.24) is 14.8 Å². The van der Waals surface area contributed by atoms with E-state index in [-0.39, 0.29) is 17.8 Å². The molecule has 2 aromatic carbocycles. The molecule has 0 aliphatic heterocycles. The third-order valence-electron chi connectivity index (χ3n) is 3.85. The minimum absolute atomic E-state index is 0.106. The molecule has 1 N–H and O–H groups in total. The van der Waals surface area contributed by atoms with E-state index in [4.69, 9.17) is 16.3 Å². The Bertz CT molecular complexity index is 965. The van der Waals surface area contributed by atoms with Crippen molar-refractivity contribution in [2.45, 2.75) is 23.9 Å². The van der Waals surface area contributed by atoms with E-state index >= 15 is 0 Å². The van der Waals surface area contributed by atoms with Crippen molar-refractivity contribution >= 4 is 50.9 Å². The highest BCUT2D eigenvalue weighted by Gasteiger charge is 2.19. The van der Waals surface area contributed by atoms with Gasteiger partial charge in [0, 0.05) is 22.2 Å². The van der Waals surface area contributed by atoms with Gasteiger partial charge in [0.1, 0.15) is 12.4 Å². The number of nitrogens with zero attached hydrogens (tertiary/aromatic N) is 3. The number of carbonyl (C=O) groups is 1. The summed E-state index contributed by atoms with van der Waals surface area (Å²) >= 11 is 10.6. The highest BCUT2D eigenvalue weighted by molar-refractivity contribution is 9.10. The summed E-state index contributed by atoms with van der Waals surface area (Å²) < 4.78 is 8.44. The Morgan fingerprint density at radius 3 is 2.75 bits per heavy atom. The van der Waals surface area contributed by atoms with Crippen molar-refractivity contribution in [2.75, 3.05) is 5.32 Å². The first-order chi connectivity index (χ1) is 13.4. The average molecular weight is 482 g/mol. The molecule has 0 saturated heterocycles. The molecular weight excluding hydrogens is 464 g/mol. The van der Waals surface area contributed by atoms with Crippen molar-refractivity contribution in [3.63, 3.8) is 0 Å². The van der Waals surface area contributed by atoms with E-state index in [1.165, 1.54) is 11.8 Å². The molecule has 3 rings (SSSR count). The van der Waals surface area contributed by atoms with Crippen LogP contribution in [0, 0.1) is 0 Å². The van der Waals surface area contributed by atoms with Crippen LogP contribution in [-0.2, 0) is 18.4 Å². The van der Waals surface area contributed by atoms with Crippen molar-refractivity contribution in [1.29, 1.82) is 0 Å². The summed E-state index contributed by atoms with van der Waals surface area (Å²) in [5.41, 5.74) is 0.738. The molecule has 9 heteroatoms. The monoisotopic (exact) mass is 480 g/mol. The fraction of sp³-hybridized carbons (Fsp3) is 0.211. The first-order valence-corrected chi connectivity index (χ1v) is 10.5. The van der Waals surface area contributed by atoms with Crippen LogP contribution in [0.25, 0.3) is 0 Å². The van der Waals surface area contributed by atoms with Crippen LogP contribution >= 0.6 is 39.3 Å². The highest BCUT2D eigenvalue weighted by atomic mass is 79.9. The van der Waals surface area contributed by atoms with E-state index in [2.05, 4.69) is 31.4 Å². The Balaban J connectivity index is 1.58. The molecule has 146 valence electrons. The van der Waals surface area contributed by atoms with Crippen LogP contribution in [0.4, 0.5) is 5.69 Å².